The molecule has 3 heterocycles. The van der Waals surface area contributed by atoms with Crippen LogP contribution in [0.3, 0.4) is 0 Å². The average molecular weight is 433 g/mol. The molecule has 1 aliphatic heterocycles. The Morgan fingerprint density at radius 2 is 1.93 bits per heavy atom. The normalized spacial score (nSPS) is 16.2. The Morgan fingerprint density at radius 1 is 1.20 bits per heavy atom. The Hall–Kier alpha value is -2.92. The molecule has 0 unspecified atom stereocenters. The van der Waals surface area contributed by atoms with Crippen molar-refractivity contribution in [1.82, 2.24) is 19.4 Å². The predicted octanol–water partition coefficient (Wildman–Crippen LogP) is 1.88. The molecule has 4 rings (SSSR count). The number of ether oxygens (including phenoxy) is 1. The summed E-state index contributed by atoms with van der Waals surface area (Å²) in [7, 11) is -3.62. The van der Waals surface area contributed by atoms with Gasteiger partial charge in [-0.15, -0.1) is 0 Å². The van der Waals surface area contributed by atoms with Gasteiger partial charge in [-0.25, -0.2) is 13.4 Å². The fraction of sp³-hybridized carbons (Fsp3) is 0.421. The number of sulfonamides is 1. The lowest BCUT2D eigenvalue weighted by Crippen LogP contribution is -2.40. The molecule has 0 bridgehead atoms. The largest absolute Gasteiger partial charge is 0.492 e. The monoisotopic (exact) mass is 432 g/mol. The Labute approximate surface area is 174 Å². The van der Waals surface area contributed by atoms with Crippen LogP contribution in [0.15, 0.2) is 27.6 Å². The highest BCUT2D eigenvalue weighted by atomic mass is 32.2. The number of anilines is 2. The number of benzene rings is 1. The molecule has 4 N–H and O–H groups in total. The number of hydrogen-bond acceptors (Lipinski definition) is 9. The molecular formula is C19H24N6O4S. The zero-order valence-corrected chi connectivity index (χ0v) is 17.6. The zero-order valence-electron chi connectivity index (χ0n) is 16.8. The van der Waals surface area contributed by atoms with Crippen molar-refractivity contribution in [2.75, 3.05) is 31.2 Å². The Kier molecular flexibility index (Phi) is 5.24. The van der Waals surface area contributed by atoms with Crippen molar-refractivity contribution in [3.63, 3.8) is 0 Å². The van der Waals surface area contributed by atoms with Crippen molar-refractivity contribution in [2.24, 2.45) is 5.92 Å². The van der Waals surface area contributed by atoms with Crippen molar-refractivity contribution < 1.29 is 17.7 Å². The van der Waals surface area contributed by atoms with Gasteiger partial charge in [-0.05, 0) is 44.7 Å². The number of fused-ring (bicyclic) bond motifs is 1. The third-order valence-electron chi connectivity index (χ3n) is 5.34. The van der Waals surface area contributed by atoms with E-state index in [4.69, 9.17) is 20.7 Å². The molecule has 3 aromatic rings. The second-order valence-electron chi connectivity index (χ2n) is 7.43. The third-order valence-corrected chi connectivity index (χ3v) is 7.49. The Balaban J connectivity index is 1.42. The maximum absolute atomic E-state index is 12.9. The second kappa shape index (κ2) is 7.73. The van der Waals surface area contributed by atoms with E-state index in [1.54, 1.807) is 19.9 Å². The molecule has 0 saturated carbocycles. The fourth-order valence-electron chi connectivity index (χ4n) is 3.81. The SMILES string of the molecule is Cc1noc(C)c1S(=O)(=O)N1CCC(COc2cccc3nc(N)nc(N)c23)CC1. The molecule has 0 amide bonds. The summed E-state index contributed by atoms with van der Waals surface area (Å²) in [5.41, 5.74) is 12.7. The van der Waals surface area contributed by atoms with Crippen molar-refractivity contribution in [3.8, 4) is 5.75 Å². The minimum Gasteiger partial charge on any atom is -0.492 e. The number of nitrogen functional groups attached to an aromatic ring is 2. The molecular weight excluding hydrogens is 408 g/mol. The lowest BCUT2D eigenvalue weighted by Gasteiger charge is -2.31. The van der Waals surface area contributed by atoms with Crippen LogP contribution in [-0.2, 0) is 10.0 Å². The van der Waals surface area contributed by atoms with E-state index in [-0.39, 0.29) is 22.6 Å². The van der Waals surface area contributed by atoms with Crippen molar-refractivity contribution in [3.05, 3.63) is 29.7 Å². The fourth-order valence-corrected chi connectivity index (χ4v) is 5.57. The molecule has 1 saturated heterocycles. The van der Waals surface area contributed by atoms with Crippen LogP contribution in [0.4, 0.5) is 11.8 Å². The van der Waals surface area contributed by atoms with Crippen LogP contribution in [-0.4, -0.2) is 47.5 Å². The molecule has 2 aromatic heterocycles. The van der Waals surface area contributed by atoms with Crippen LogP contribution in [0.5, 0.6) is 5.75 Å². The molecule has 10 nitrogen and oxygen atoms in total. The van der Waals surface area contributed by atoms with E-state index < -0.39 is 10.0 Å². The summed E-state index contributed by atoms with van der Waals surface area (Å²) < 4.78 is 38.4. The molecule has 0 radical (unpaired) electrons. The molecule has 0 atom stereocenters. The quantitative estimate of drug-likeness (QED) is 0.615. The molecule has 0 spiro atoms. The van der Waals surface area contributed by atoms with E-state index in [1.807, 2.05) is 12.1 Å². The van der Waals surface area contributed by atoms with E-state index in [9.17, 15) is 8.42 Å². The summed E-state index contributed by atoms with van der Waals surface area (Å²) in [5, 5.41) is 4.39. The van der Waals surface area contributed by atoms with Gasteiger partial charge in [0.2, 0.25) is 16.0 Å². The first-order valence-corrected chi connectivity index (χ1v) is 11.1. The smallest absolute Gasteiger partial charge is 0.248 e. The van der Waals surface area contributed by atoms with Gasteiger partial charge in [0, 0.05) is 13.1 Å². The maximum Gasteiger partial charge on any atom is 0.248 e. The minimum absolute atomic E-state index is 0.115. The van der Waals surface area contributed by atoms with Gasteiger partial charge in [-0.3, -0.25) is 0 Å². The van der Waals surface area contributed by atoms with Crippen LogP contribution >= 0.6 is 0 Å². The van der Waals surface area contributed by atoms with Gasteiger partial charge in [0.25, 0.3) is 0 Å². The molecule has 0 aliphatic carbocycles. The van der Waals surface area contributed by atoms with Gasteiger partial charge in [0.1, 0.15) is 22.2 Å². The Bertz CT molecular complexity index is 1170. The van der Waals surface area contributed by atoms with Crippen molar-refractivity contribution in [1.29, 1.82) is 0 Å². The summed E-state index contributed by atoms with van der Waals surface area (Å²) >= 11 is 0. The first-order chi connectivity index (χ1) is 14.3. The van der Waals surface area contributed by atoms with Gasteiger partial charge in [-0.1, -0.05) is 11.2 Å². The van der Waals surface area contributed by atoms with Crippen LogP contribution in [0, 0.1) is 19.8 Å². The highest BCUT2D eigenvalue weighted by Gasteiger charge is 2.34. The van der Waals surface area contributed by atoms with Crippen LogP contribution in [0.2, 0.25) is 0 Å². The van der Waals surface area contributed by atoms with Gasteiger partial charge >= 0.3 is 0 Å². The standard InChI is InChI=1S/C19H24N6O4S/c1-11-17(12(2)29-24-11)30(26,27)25-8-6-13(7-9-25)10-28-15-5-3-4-14-16(15)18(20)23-19(21)22-14/h3-5,13H,6-10H2,1-2H3,(H4,20,21,22,23). The summed E-state index contributed by atoms with van der Waals surface area (Å²) in [6, 6.07) is 5.44. The van der Waals surface area contributed by atoms with Crippen molar-refractivity contribution in [2.45, 2.75) is 31.6 Å². The molecule has 1 aromatic carbocycles. The van der Waals surface area contributed by atoms with Crippen LogP contribution in [0.25, 0.3) is 10.9 Å². The number of aromatic nitrogens is 3. The predicted molar refractivity (Wildman–Crippen MR) is 111 cm³/mol. The van der Waals surface area contributed by atoms with E-state index in [0.717, 1.165) is 0 Å². The minimum atomic E-state index is -3.62. The lowest BCUT2D eigenvalue weighted by atomic mass is 9.99. The van der Waals surface area contributed by atoms with E-state index in [0.29, 0.717) is 60.6 Å². The van der Waals surface area contributed by atoms with Gasteiger partial charge in [0.15, 0.2) is 5.76 Å². The second-order valence-corrected chi connectivity index (χ2v) is 9.30. The van der Waals surface area contributed by atoms with E-state index in [1.165, 1.54) is 4.31 Å². The summed E-state index contributed by atoms with van der Waals surface area (Å²) in [5.74, 6) is 1.51. The lowest BCUT2D eigenvalue weighted by molar-refractivity contribution is 0.186. The maximum atomic E-state index is 12.9. The van der Waals surface area contributed by atoms with E-state index >= 15 is 0 Å². The number of piperidine rings is 1. The number of nitrogens with zero attached hydrogens (tertiary/aromatic N) is 4. The first kappa shape index (κ1) is 20.4. The number of rotatable bonds is 5. The molecule has 11 heteroatoms. The van der Waals surface area contributed by atoms with Gasteiger partial charge in [0.05, 0.1) is 17.5 Å². The number of nitrogens with two attached hydrogens (primary N) is 2. The highest BCUT2D eigenvalue weighted by Crippen LogP contribution is 2.31. The summed E-state index contributed by atoms with van der Waals surface area (Å²) in [6.45, 7) is 4.52. The van der Waals surface area contributed by atoms with Crippen molar-refractivity contribution >= 4 is 32.7 Å². The third kappa shape index (κ3) is 3.65. The summed E-state index contributed by atoms with van der Waals surface area (Å²) in [6.07, 6.45) is 1.37. The van der Waals surface area contributed by atoms with E-state index in [2.05, 4.69) is 15.1 Å². The zero-order chi connectivity index (χ0) is 21.5. The summed E-state index contributed by atoms with van der Waals surface area (Å²) in [4.78, 5) is 8.37. The molecule has 30 heavy (non-hydrogen) atoms. The highest BCUT2D eigenvalue weighted by molar-refractivity contribution is 7.89. The number of hydrogen-bond donors (Lipinski definition) is 2. The van der Waals surface area contributed by atoms with Crippen LogP contribution < -0.4 is 16.2 Å². The molecule has 160 valence electrons. The van der Waals surface area contributed by atoms with Gasteiger partial charge in [-0.2, -0.15) is 9.29 Å². The topological polar surface area (TPSA) is 150 Å². The number of aryl methyl sites for hydroxylation is 2. The van der Waals surface area contributed by atoms with Crippen LogP contribution in [0.1, 0.15) is 24.3 Å². The molecule has 1 aliphatic rings. The van der Waals surface area contributed by atoms with Gasteiger partial charge < -0.3 is 20.7 Å². The molecule has 1 fully saturated rings. The average Bonchev–Trinajstić information content (AvgIpc) is 3.05. The Morgan fingerprint density at radius 3 is 2.60 bits per heavy atom. The first-order valence-electron chi connectivity index (χ1n) is 9.65.